The third kappa shape index (κ3) is 7.25. The molecule has 0 aromatic heterocycles. The van der Waals surface area contributed by atoms with Crippen LogP contribution in [0.3, 0.4) is 0 Å². The first-order chi connectivity index (χ1) is 9.13. The number of aliphatic hydroxyl groups is 1. The third-order valence-corrected chi connectivity index (χ3v) is 3.99. The maximum atomic E-state index is 9.54. The summed E-state index contributed by atoms with van der Waals surface area (Å²) in [6.07, 6.45) is 5.97. The van der Waals surface area contributed by atoms with E-state index in [9.17, 15) is 5.11 Å². The van der Waals surface area contributed by atoms with Gasteiger partial charge in [0.2, 0.25) is 0 Å². The minimum absolute atomic E-state index is 0.0786. The molecular weight excluding hydrogens is 240 g/mol. The Morgan fingerprint density at radius 1 is 1.32 bits per heavy atom. The number of unbranched alkanes of at least 4 members (excludes halogenated alkanes) is 1. The molecule has 2 N–H and O–H groups in total. The topological polar surface area (TPSA) is 44.7 Å². The van der Waals surface area contributed by atoms with Gasteiger partial charge >= 0.3 is 0 Å². The van der Waals surface area contributed by atoms with Crippen molar-refractivity contribution >= 4 is 0 Å². The quantitative estimate of drug-likeness (QED) is 0.530. The second kappa shape index (κ2) is 8.90. The molecule has 1 unspecified atom stereocenters. The van der Waals surface area contributed by atoms with Gasteiger partial charge in [0.15, 0.2) is 0 Å². The maximum absolute atomic E-state index is 9.54. The molecule has 114 valence electrons. The van der Waals surface area contributed by atoms with Gasteiger partial charge in [0, 0.05) is 25.2 Å². The Hall–Kier alpha value is -0.160. The van der Waals surface area contributed by atoms with Crippen molar-refractivity contribution < 1.29 is 9.84 Å². The largest absolute Gasteiger partial charge is 0.394 e. The van der Waals surface area contributed by atoms with Gasteiger partial charge in [-0.3, -0.25) is 0 Å². The van der Waals surface area contributed by atoms with Gasteiger partial charge in [-0.25, -0.2) is 0 Å². The number of hydrogen-bond donors (Lipinski definition) is 2. The Labute approximate surface area is 118 Å². The highest BCUT2D eigenvalue weighted by Gasteiger charge is 2.31. The number of nitrogens with one attached hydrogen (secondary N) is 1. The fourth-order valence-corrected chi connectivity index (χ4v) is 2.42. The number of ether oxygens (including phenoxy) is 1. The predicted molar refractivity (Wildman–Crippen MR) is 79.5 cm³/mol. The van der Waals surface area contributed by atoms with E-state index in [4.69, 9.17) is 4.74 Å². The molecule has 0 aromatic carbocycles. The number of methoxy groups -OCH3 is 1. The fourth-order valence-electron chi connectivity index (χ4n) is 2.42. The lowest BCUT2D eigenvalue weighted by molar-refractivity contribution is 0.143. The zero-order valence-electron chi connectivity index (χ0n) is 13.0. The summed E-state index contributed by atoms with van der Waals surface area (Å²) in [6.45, 7) is 8.63. The van der Waals surface area contributed by atoms with Crippen LogP contribution in [0.5, 0.6) is 0 Å². The first-order valence-electron chi connectivity index (χ1n) is 7.73. The van der Waals surface area contributed by atoms with Gasteiger partial charge in [-0.05, 0) is 45.7 Å². The molecule has 1 atom stereocenters. The fraction of sp³-hybridized carbons (Fsp3) is 1.00. The molecule has 4 nitrogen and oxygen atoms in total. The molecule has 0 amide bonds. The Morgan fingerprint density at radius 2 is 2.05 bits per heavy atom. The minimum Gasteiger partial charge on any atom is -0.394 e. The van der Waals surface area contributed by atoms with Crippen LogP contribution in [0.4, 0.5) is 0 Å². The van der Waals surface area contributed by atoms with Crippen molar-refractivity contribution in [1.82, 2.24) is 10.2 Å². The second-order valence-corrected chi connectivity index (χ2v) is 6.02. The molecule has 0 saturated heterocycles. The molecule has 0 aliphatic heterocycles. The monoisotopic (exact) mass is 272 g/mol. The van der Waals surface area contributed by atoms with E-state index in [1.165, 1.54) is 25.7 Å². The molecule has 0 bridgehead atoms. The minimum atomic E-state index is -0.0786. The Bertz CT molecular complexity index is 234. The first-order valence-corrected chi connectivity index (χ1v) is 7.73. The van der Waals surface area contributed by atoms with Gasteiger partial charge in [-0.15, -0.1) is 0 Å². The van der Waals surface area contributed by atoms with Gasteiger partial charge in [0.25, 0.3) is 0 Å². The molecule has 1 fully saturated rings. The molecule has 19 heavy (non-hydrogen) atoms. The third-order valence-electron chi connectivity index (χ3n) is 3.99. The molecule has 4 heteroatoms. The highest BCUT2D eigenvalue weighted by molar-refractivity contribution is 4.92. The highest BCUT2D eigenvalue weighted by atomic mass is 16.5. The Morgan fingerprint density at radius 3 is 2.58 bits per heavy atom. The van der Waals surface area contributed by atoms with Crippen LogP contribution >= 0.6 is 0 Å². The van der Waals surface area contributed by atoms with Gasteiger partial charge in [0.05, 0.1) is 13.2 Å². The number of likely N-dealkylation sites (N-methyl/N-ethyl adjacent to an activating group) is 1. The van der Waals surface area contributed by atoms with Gasteiger partial charge in [-0.1, -0.05) is 13.3 Å². The van der Waals surface area contributed by atoms with Crippen molar-refractivity contribution in [3.8, 4) is 0 Å². The van der Waals surface area contributed by atoms with Crippen LogP contribution in [-0.2, 0) is 4.74 Å². The van der Waals surface area contributed by atoms with Crippen LogP contribution in [0.1, 0.15) is 46.0 Å². The van der Waals surface area contributed by atoms with E-state index in [-0.39, 0.29) is 12.1 Å². The lowest BCUT2D eigenvalue weighted by Gasteiger charge is -2.29. The summed E-state index contributed by atoms with van der Waals surface area (Å²) in [6, 6.07) is 0.658. The van der Waals surface area contributed by atoms with Crippen LogP contribution in [0.15, 0.2) is 0 Å². The second-order valence-electron chi connectivity index (χ2n) is 6.02. The summed E-state index contributed by atoms with van der Waals surface area (Å²) in [7, 11) is 1.75. The lowest BCUT2D eigenvalue weighted by Crippen LogP contribution is -2.47. The number of nitrogens with zero attached hydrogens (tertiary/aromatic N) is 1. The predicted octanol–water partition coefficient (Wildman–Crippen LogP) is 1.63. The molecular formula is C15H32N2O2. The van der Waals surface area contributed by atoms with E-state index in [0.717, 1.165) is 32.7 Å². The van der Waals surface area contributed by atoms with E-state index in [1.807, 2.05) is 0 Å². The van der Waals surface area contributed by atoms with Crippen LogP contribution in [0, 0.1) is 0 Å². The summed E-state index contributed by atoms with van der Waals surface area (Å²) in [4.78, 5) is 2.42. The zero-order chi connectivity index (χ0) is 14.1. The lowest BCUT2D eigenvalue weighted by atomic mass is 9.95. The van der Waals surface area contributed by atoms with Crippen molar-refractivity contribution in [2.24, 2.45) is 0 Å². The van der Waals surface area contributed by atoms with Crippen LogP contribution < -0.4 is 5.32 Å². The molecule has 0 aromatic rings. The summed E-state index contributed by atoms with van der Waals surface area (Å²) < 4.78 is 5.12. The van der Waals surface area contributed by atoms with Gasteiger partial charge in [0.1, 0.15) is 0 Å². The summed E-state index contributed by atoms with van der Waals surface area (Å²) in [5, 5.41) is 13.1. The average Bonchev–Trinajstić information content (AvgIpc) is 3.22. The molecule has 1 saturated carbocycles. The zero-order valence-corrected chi connectivity index (χ0v) is 13.0. The van der Waals surface area contributed by atoms with E-state index in [2.05, 4.69) is 24.1 Å². The Kier molecular flexibility index (Phi) is 7.91. The average molecular weight is 272 g/mol. The highest BCUT2D eigenvalue weighted by Crippen LogP contribution is 2.24. The smallest absolute Gasteiger partial charge is 0.0610 e. The van der Waals surface area contributed by atoms with Crippen LogP contribution in [-0.4, -0.2) is 61.5 Å². The van der Waals surface area contributed by atoms with Crippen molar-refractivity contribution in [3.05, 3.63) is 0 Å². The van der Waals surface area contributed by atoms with E-state index < -0.39 is 0 Å². The van der Waals surface area contributed by atoms with Crippen LogP contribution in [0.25, 0.3) is 0 Å². The maximum Gasteiger partial charge on any atom is 0.0610 e. The molecule has 0 spiro atoms. The van der Waals surface area contributed by atoms with E-state index in [1.54, 1.807) is 7.11 Å². The number of rotatable bonds is 12. The molecule has 1 aliphatic carbocycles. The normalized spacial score (nSPS) is 18.8. The summed E-state index contributed by atoms with van der Waals surface area (Å²) in [5.74, 6) is 0. The van der Waals surface area contributed by atoms with Gasteiger partial charge < -0.3 is 20.1 Å². The van der Waals surface area contributed by atoms with Crippen molar-refractivity contribution in [2.75, 3.05) is 40.0 Å². The summed E-state index contributed by atoms with van der Waals surface area (Å²) in [5.41, 5.74) is -0.0786. The number of aliphatic hydroxyl groups excluding tert-OH is 1. The van der Waals surface area contributed by atoms with Crippen LogP contribution in [0.2, 0.25) is 0 Å². The standard InChI is InChI=1S/C15H32N2O2/c1-4-17(11-12-19-3)10-6-5-9-15(2,13-18)16-14-7-8-14/h14,16,18H,4-13H2,1-3H3. The van der Waals surface area contributed by atoms with E-state index >= 15 is 0 Å². The Balaban J connectivity index is 2.12. The van der Waals surface area contributed by atoms with E-state index in [0.29, 0.717) is 6.04 Å². The molecule has 0 heterocycles. The van der Waals surface area contributed by atoms with Crippen molar-refractivity contribution in [3.63, 3.8) is 0 Å². The molecule has 1 rings (SSSR count). The molecule has 0 radical (unpaired) electrons. The van der Waals surface area contributed by atoms with Crippen molar-refractivity contribution in [2.45, 2.75) is 57.5 Å². The van der Waals surface area contributed by atoms with Gasteiger partial charge in [-0.2, -0.15) is 0 Å². The number of hydrogen-bond acceptors (Lipinski definition) is 4. The molecule has 1 aliphatic rings. The van der Waals surface area contributed by atoms with Crippen molar-refractivity contribution in [1.29, 1.82) is 0 Å². The SMILES string of the molecule is CCN(CCCCC(C)(CO)NC1CC1)CCOC. The summed E-state index contributed by atoms with van der Waals surface area (Å²) >= 11 is 0. The first kappa shape index (κ1) is 16.9.